The lowest BCUT2D eigenvalue weighted by Crippen LogP contribution is -2.52. The third kappa shape index (κ3) is 2.91. The maximum atomic E-state index is 10.2. The van der Waals surface area contributed by atoms with Gasteiger partial charge in [0.25, 0.3) is 0 Å². The van der Waals surface area contributed by atoms with Gasteiger partial charge in [-0.05, 0) is 19.4 Å². The van der Waals surface area contributed by atoms with Crippen LogP contribution in [0.1, 0.15) is 26.3 Å². The van der Waals surface area contributed by atoms with E-state index in [1.54, 1.807) is 0 Å². The molecule has 1 heterocycles. The van der Waals surface area contributed by atoms with E-state index in [4.69, 9.17) is 9.47 Å². The van der Waals surface area contributed by atoms with Crippen LogP contribution in [-0.4, -0.2) is 29.5 Å². The van der Waals surface area contributed by atoms with Crippen molar-refractivity contribution < 1.29 is 14.6 Å². The molecule has 2 unspecified atom stereocenters. The average molecular weight is 250 g/mol. The molecule has 0 aromatic heterocycles. The van der Waals surface area contributed by atoms with Gasteiger partial charge < -0.3 is 14.6 Å². The fourth-order valence-corrected chi connectivity index (χ4v) is 2.41. The summed E-state index contributed by atoms with van der Waals surface area (Å²) >= 11 is 0. The lowest BCUT2D eigenvalue weighted by Gasteiger charge is -2.41. The van der Waals surface area contributed by atoms with Crippen LogP contribution in [-0.2, 0) is 16.1 Å². The van der Waals surface area contributed by atoms with Crippen LogP contribution in [0.4, 0.5) is 0 Å². The molecule has 1 fully saturated rings. The molecule has 3 heteroatoms. The largest absolute Gasteiger partial charge is 0.388 e. The summed E-state index contributed by atoms with van der Waals surface area (Å²) in [4.78, 5) is 0. The molecule has 2 rings (SSSR count). The molecule has 100 valence electrons. The molecule has 1 N–H and O–H groups in total. The normalized spacial score (nSPS) is 36.6. The molecule has 1 aliphatic rings. The number of rotatable bonds is 3. The van der Waals surface area contributed by atoms with Gasteiger partial charge in [-0.1, -0.05) is 37.3 Å². The summed E-state index contributed by atoms with van der Waals surface area (Å²) < 4.78 is 11.6. The third-order valence-electron chi connectivity index (χ3n) is 3.79. The van der Waals surface area contributed by atoms with E-state index in [0.29, 0.717) is 6.61 Å². The Labute approximate surface area is 109 Å². The first-order valence-corrected chi connectivity index (χ1v) is 6.58. The fraction of sp³-hybridized carbons (Fsp3) is 0.600. The Morgan fingerprint density at radius 1 is 1.11 bits per heavy atom. The van der Waals surface area contributed by atoms with Crippen molar-refractivity contribution >= 4 is 0 Å². The van der Waals surface area contributed by atoms with Crippen LogP contribution in [0.25, 0.3) is 0 Å². The Bertz CT molecular complexity index is 351. The highest BCUT2D eigenvalue weighted by Gasteiger charge is 2.39. The predicted octanol–water partition coefficient (Wildman–Crippen LogP) is 2.38. The maximum absolute atomic E-state index is 10.2. The minimum absolute atomic E-state index is 0.115. The van der Waals surface area contributed by atoms with Gasteiger partial charge in [0.2, 0.25) is 0 Å². The van der Waals surface area contributed by atoms with E-state index in [2.05, 4.69) is 6.92 Å². The number of aliphatic hydroxyl groups excluding tert-OH is 1. The molecular formula is C15H22O3. The van der Waals surface area contributed by atoms with Crippen molar-refractivity contribution in [2.24, 2.45) is 5.92 Å². The van der Waals surface area contributed by atoms with Gasteiger partial charge in [0.05, 0.1) is 24.9 Å². The number of ether oxygens (including phenoxy) is 2. The Morgan fingerprint density at radius 2 is 1.78 bits per heavy atom. The molecule has 1 aromatic carbocycles. The van der Waals surface area contributed by atoms with E-state index >= 15 is 0 Å². The second-order valence-electron chi connectivity index (χ2n) is 5.16. The van der Waals surface area contributed by atoms with Crippen LogP contribution in [0.2, 0.25) is 0 Å². The first-order valence-electron chi connectivity index (χ1n) is 6.58. The van der Waals surface area contributed by atoms with Crippen molar-refractivity contribution in [3.05, 3.63) is 35.9 Å². The molecule has 0 radical (unpaired) electrons. The minimum atomic E-state index is -0.556. The van der Waals surface area contributed by atoms with Gasteiger partial charge in [0.1, 0.15) is 6.10 Å². The Morgan fingerprint density at radius 3 is 2.44 bits per heavy atom. The van der Waals surface area contributed by atoms with Gasteiger partial charge in [0.15, 0.2) is 0 Å². The predicted molar refractivity (Wildman–Crippen MR) is 70.2 cm³/mol. The van der Waals surface area contributed by atoms with Gasteiger partial charge in [0, 0.05) is 5.92 Å². The third-order valence-corrected chi connectivity index (χ3v) is 3.79. The second-order valence-corrected chi connectivity index (χ2v) is 5.16. The Balaban J connectivity index is 1.98. The lowest BCUT2D eigenvalue weighted by atomic mass is 9.89. The zero-order valence-corrected chi connectivity index (χ0v) is 11.2. The van der Waals surface area contributed by atoms with Crippen molar-refractivity contribution in [1.29, 1.82) is 0 Å². The molecule has 0 bridgehead atoms. The molecule has 1 saturated heterocycles. The Kier molecular flexibility index (Phi) is 4.38. The van der Waals surface area contributed by atoms with Crippen molar-refractivity contribution in [3.8, 4) is 0 Å². The summed E-state index contributed by atoms with van der Waals surface area (Å²) in [6.45, 7) is 6.53. The van der Waals surface area contributed by atoms with E-state index in [-0.39, 0.29) is 24.2 Å². The zero-order chi connectivity index (χ0) is 13.1. The van der Waals surface area contributed by atoms with E-state index < -0.39 is 6.10 Å². The highest BCUT2D eigenvalue weighted by molar-refractivity contribution is 5.13. The van der Waals surface area contributed by atoms with Crippen molar-refractivity contribution in [1.82, 2.24) is 0 Å². The molecule has 18 heavy (non-hydrogen) atoms. The van der Waals surface area contributed by atoms with E-state index in [9.17, 15) is 5.11 Å². The van der Waals surface area contributed by atoms with Crippen LogP contribution in [0.5, 0.6) is 0 Å². The fourth-order valence-electron chi connectivity index (χ4n) is 2.41. The summed E-state index contributed by atoms with van der Waals surface area (Å²) in [7, 11) is 0. The smallest absolute Gasteiger partial charge is 0.106 e. The second kappa shape index (κ2) is 5.83. The van der Waals surface area contributed by atoms with Crippen molar-refractivity contribution in [2.45, 2.75) is 51.8 Å². The Hall–Kier alpha value is -0.900. The minimum Gasteiger partial charge on any atom is -0.388 e. The number of hydrogen-bond donors (Lipinski definition) is 1. The first kappa shape index (κ1) is 13.5. The van der Waals surface area contributed by atoms with Crippen LogP contribution in [0.3, 0.4) is 0 Å². The lowest BCUT2D eigenvalue weighted by molar-refractivity contribution is -0.204. The van der Waals surface area contributed by atoms with E-state index in [1.165, 1.54) is 0 Å². The quantitative estimate of drug-likeness (QED) is 0.895. The molecule has 0 saturated carbocycles. The number of hydrogen-bond acceptors (Lipinski definition) is 3. The molecular weight excluding hydrogens is 228 g/mol. The van der Waals surface area contributed by atoms with Gasteiger partial charge in [-0.2, -0.15) is 0 Å². The molecule has 0 aliphatic carbocycles. The van der Waals surface area contributed by atoms with Gasteiger partial charge in [-0.3, -0.25) is 0 Å². The molecule has 3 nitrogen and oxygen atoms in total. The van der Waals surface area contributed by atoms with Crippen LogP contribution in [0, 0.1) is 5.92 Å². The van der Waals surface area contributed by atoms with Gasteiger partial charge in [-0.15, -0.1) is 0 Å². The monoisotopic (exact) mass is 250 g/mol. The molecule has 1 aromatic rings. The summed E-state index contributed by atoms with van der Waals surface area (Å²) in [5.74, 6) is 0.194. The summed E-state index contributed by atoms with van der Waals surface area (Å²) in [6, 6.07) is 10.0. The van der Waals surface area contributed by atoms with Crippen LogP contribution >= 0.6 is 0 Å². The van der Waals surface area contributed by atoms with Gasteiger partial charge >= 0.3 is 0 Å². The zero-order valence-electron chi connectivity index (χ0n) is 11.2. The number of benzene rings is 1. The van der Waals surface area contributed by atoms with E-state index in [1.807, 2.05) is 44.2 Å². The van der Waals surface area contributed by atoms with Gasteiger partial charge in [-0.25, -0.2) is 0 Å². The molecule has 1 aliphatic heterocycles. The van der Waals surface area contributed by atoms with Crippen molar-refractivity contribution in [3.63, 3.8) is 0 Å². The summed E-state index contributed by atoms with van der Waals surface area (Å²) in [5, 5.41) is 10.2. The molecule has 5 atom stereocenters. The summed E-state index contributed by atoms with van der Waals surface area (Å²) in [6.07, 6.45) is -0.773. The SMILES string of the molecule is CC1O[C@@H](C)C(O)[C@@H](OCc2ccccc2)[C@H]1C. The summed E-state index contributed by atoms with van der Waals surface area (Å²) in [5.41, 5.74) is 1.13. The van der Waals surface area contributed by atoms with Crippen LogP contribution in [0.15, 0.2) is 30.3 Å². The highest BCUT2D eigenvalue weighted by atomic mass is 16.5. The maximum Gasteiger partial charge on any atom is 0.106 e. The number of aliphatic hydroxyl groups is 1. The molecule has 0 amide bonds. The first-order chi connectivity index (χ1) is 8.59. The van der Waals surface area contributed by atoms with Crippen molar-refractivity contribution in [2.75, 3.05) is 0 Å². The average Bonchev–Trinajstić information content (AvgIpc) is 2.38. The highest BCUT2D eigenvalue weighted by Crippen LogP contribution is 2.28. The molecule has 0 spiro atoms. The standard InChI is InChI=1S/C15H22O3/c1-10-11(2)18-12(3)14(16)15(10)17-9-13-7-5-4-6-8-13/h4-8,10-12,14-16H,9H2,1-3H3/t10-,11?,12-,14?,15-/m0/s1. The topological polar surface area (TPSA) is 38.7 Å². The van der Waals surface area contributed by atoms with Crippen LogP contribution < -0.4 is 0 Å². The van der Waals surface area contributed by atoms with E-state index in [0.717, 1.165) is 5.56 Å².